The molecule has 0 amide bonds. The van der Waals surface area contributed by atoms with E-state index in [2.05, 4.69) is 19.2 Å². The summed E-state index contributed by atoms with van der Waals surface area (Å²) in [5.41, 5.74) is 1.71. The van der Waals surface area contributed by atoms with Crippen molar-refractivity contribution < 1.29 is 19.3 Å². The zero-order chi connectivity index (χ0) is 19.2. The van der Waals surface area contributed by atoms with Crippen molar-refractivity contribution in [2.75, 3.05) is 27.9 Å². The van der Waals surface area contributed by atoms with Crippen molar-refractivity contribution in [2.24, 2.45) is 0 Å². The minimum Gasteiger partial charge on any atom is -0.496 e. The van der Waals surface area contributed by atoms with Crippen molar-refractivity contribution in [1.29, 1.82) is 0 Å². The van der Waals surface area contributed by atoms with Gasteiger partial charge in [0, 0.05) is 17.6 Å². The van der Waals surface area contributed by atoms with Crippen molar-refractivity contribution in [3.8, 4) is 17.2 Å². The minimum atomic E-state index is -0.643. The molecule has 1 atom stereocenters. The van der Waals surface area contributed by atoms with Gasteiger partial charge < -0.3 is 24.6 Å². The number of methoxy groups -OCH3 is 3. The van der Waals surface area contributed by atoms with Gasteiger partial charge in [-0.05, 0) is 44.0 Å². The van der Waals surface area contributed by atoms with E-state index in [1.165, 1.54) is 0 Å². The Kier molecular flexibility index (Phi) is 8.89. The second-order valence-corrected chi connectivity index (χ2v) is 6.89. The summed E-state index contributed by atoms with van der Waals surface area (Å²) in [5, 5.41) is 14.0. The van der Waals surface area contributed by atoms with Crippen LogP contribution >= 0.6 is 12.4 Å². The van der Waals surface area contributed by atoms with Crippen LogP contribution in [0.15, 0.2) is 42.5 Å². The fourth-order valence-corrected chi connectivity index (χ4v) is 2.99. The number of halogens is 1. The Labute approximate surface area is 168 Å². The Bertz CT molecular complexity index is 721. The lowest BCUT2D eigenvalue weighted by Gasteiger charge is -2.28. The van der Waals surface area contributed by atoms with Crippen molar-refractivity contribution in [1.82, 2.24) is 5.32 Å². The van der Waals surface area contributed by atoms with E-state index < -0.39 is 6.10 Å². The van der Waals surface area contributed by atoms with E-state index in [4.69, 9.17) is 14.2 Å². The number of ether oxygens (including phenoxy) is 3. The molecule has 6 heteroatoms. The average Bonchev–Trinajstić information content (AvgIpc) is 2.65. The van der Waals surface area contributed by atoms with Gasteiger partial charge in [-0.25, -0.2) is 0 Å². The predicted octanol–water partition coefficient (Wildman–Crippen LogP) is 3.78. The molecule has 27 heavy (non-hydrogen) atoms. The van der Waals surface area contributed by atoms with E-state index in [1.807, 2.05) is 42.5 Å². The summed E-state index contributed by atoms with van der Waals surface area (Å²) in [6.45, 7) is 4.65. The number of rotatable bonds is 9. The maximum absolute atomic E-state index is 10.5. The van der Waals surface area contributed by atoms with Gasteiger partial charge in [-0.2, -0.15) is 0 Å². The standard InChI is InChI=1S/C21H29NO4.ClH/c1-21(2,13-15-10-11-19(25-4)20(12-15)26-5)22-14-17(23)16-8-6-7-9-18(16)24-3;/h6-12,17,22-23H,13-14H2,1-5H3;1H. The summed E-state index contributed by atoms with van der Waals surface area (Å²) in [6.07, 6.45) is 0.141. The summed E-state index contributed by atoms with van der Waals surface area (Å²) in [6, 6.07) is 13.5. The number of aliphatic hydroxyl groups excluding tert-OH is 1. The van der Waals surface area contributed by atoms with Gasteiger partial charge in [-0.15, -0.1) is 12.4 Å². The van der Waals surface area contributed by atoms with Gasteiger partial charge in [0.2, 0.25) is 0 Å². The zero-order valence-corrected chi connectivity index (χ0v) is 17.4. The average molecular weight is 396 g/mol. The number of nitrogens with one attached hydrogen (secondary N) is 1. The quantitative estimate of drug-likeness (QED) is 0.676. The minimum absolute atomic E-state index is 0. The molecule has 5 nitrogen and oxygen atoms in total. The smallest absolute Gasteiger partial charge is 0.160 e. The third-order valence-electron chi connectivity index (χ3n) is 4.37. The lowest BCUT2D eigenvalue weighted by molar-refractivity contribution is 0.157. The molecular formula is C21H30ClNO4. The maximum atomic E-state index is 10.5. The number of aliphatic hydroxyl groups is 1. The molecule has 0 fully saturated rings. The van der Waals surface area contributed by atoms with Crippen LogP contribution < -0.4 is 19.5 Å². The van der Waals surface area contributed by atoms with Gasteiger partial charge in [-0.1, -0.05) is 24.3 Å². The number of benzene rings is 2. The fourth-order valence-electron chi connectivity index (χ4n) is 2.99. The summed E-state index contributed by atoms with van der Waals surface area (Å²) in [4.78, 5) is 0. The molecule has 0 spiro atoms. The zero-order valence-electron chi connectivity index (χ0n) is 16.6. The summed E-state index contributed by atoms with van der Waals surface area (Å²) < 4.78 is 16.0. The molecule has 2 aromatic carbocycles. The van der Waals surface area contributed by atoms with Crippen LogP contribution in [0.3, 0.4) is 0 Å². The predicted molar refractivity (Wildman–Crippen MR) is 111 cm³/mol. The lowest BCUT2D eigenvalue weighted by Crippen LogP contribution is -2.43. The molecule has 0 aliphatic rings. The molecular weight excluding hydrogens is 366 g/mol. The summed E-state index contributed by atoms with van der Waals surface area (Å²) in [7, 11) is 4.87. The van der Waals surface area contributed by atoms with E-state index in [-0.39, 0.29) is 17.9 Å². The highest BCUT2D eigenvalue weighted by Gasteiger charge is 2.21. The molecule has 150 valence electrons. The van der Waals surface area contributed by atoms with Crippen LogP contribution in [0.25, 0.3) is 0 Å². The van der Waals surface area contributed by atoms with Crippen LogP contribution in [0.4, 0.5) is 0 Å². The number of hydrogen-bond donors (Lipinski definition) is 2. The Hall–Kier alpha value is -1.95. The third-order valence-corrected chi connectivity index (χ3v) is 4.37. The lowest BCUT2D eigenvalue weighted by atomic mass is 9.94. The molecule has 0 saturated carbocycles. The SMILES string of the molecule is COc1ccc(CC(C)(C)NCC(O)c2ccccc2OC)cc1OC.Cl. The van der Waals surface area contributed by atoms with E-state index in [1.54, 1.807) is 21.3 Å². The molecule has 0 bridgehead atoms. The molecule has 0 heterocycles. The first-order valence-electron chi connectivity index (χ1n) is 8.67. The van der Waals surface area contributed by atoms with Crippen LogP contribution in [0, 0.1) is 0 Å². The summed E-state index contributed by atoms with van der Waals surface area (Å²) in [5.74, 6) is 2.13. The van der Waals surface area contributed by atoms with Crippen LogP contribution in [-0.2, 0) is 6.42 Å². The Morgan fingerprint density at radius 1 is 0.926 bits per heavy atom. The van der Waals surface area contributed by atoms with Crippen LogP contribution in [-0.4, -0.2) is 38.5 Å². The molecule has 2 N–H and O–H groups in total. The highest BCUT2D eigenvalue weighted by atomic mass is 35.5. The van der Waals surface area contributed by atoms with E-state index >= 15 is 0 Å². The topological polar surface area (TPSA) is 60.0 Å². The molecule has 2 aromatic rings. The Balaban J connectivity index is 0.00000364. The second-order valence-electron chi connectivity index (χ2n) is 6.89. The van der Waals surface area contributed by atoms with E-state index in [0.717, 1.165) is 23.3 Å². The first kappa shape index (κ1) is 23.1. The molecule has 0 aliphatic heterocycles. The largest absolute Gasteiger partial charge is 0.496 e. The number of hydrogen-bond acceptors (Lipinski definition) is 5. The highest BCUT2D eigenvalue weighted by Crippen LogP contribution is 2.29. The Morgan fingerprint density at radius 2 is 1.56 bits per heavy atom. The van der Waals surface area contributed by atoms with Crippen LogP contribution in [0.1, 0.15) is 31.1 Å². The molecule has 1 unspecified atom stereocenters. The van der Waals surface area contributed by atoms with Crippen molar-refractivity contribution in [2.45, 2.75) is 31.9 Å². The Morgan fingerprint density at radius 3 is 2.19 bits per heavy atom. The molecule has 0 saturated heterocycles. The van der Waals surface area contributed by atoms with Crippen LogP contribution in [0.2, 0.25) is 0 Å². The number of β-amino-alcohol motifs (C(OH)–C–C–N with tert-alkyl or cyclic N) is 1. The van der Waals surface area contributed by atoms with Gasteiger partial charge >= 0.3 is 0 Å². The van der Waals surface area contributed by atoms with E-state index in [9.17, 15) is 5.11 Å². The van der Waals surface area contributed by atoms with Crippen LogP contribution in [0.5, 0.6) is 17.2 Å². The van der Waals surface area contributed by atoms with Gasteiger partial charge in [-0.3, -0.25) is 0 Å². The van der Waals surface area contributed by atoms with Gasteiger partial charge in [0.05, 0.1) is 27.4 Å². The van der Waals surface area contributed by atoms with Crippen molar-refractivity contribution in [3.05, 3.63) is 53.6 Å². The maximum Gasteiger partial charge on any atom is 0.160 e. The second kappa shape index (κ2) is 10.4. The molecule has 2 rings (SSSR count). The van der Waals surface area contributed by atoms with Crippen molar-refractivity contribution >= 4 is 12.4 Å². The summed E-state index contributed by atoms with van der Waals surface area (Å²) >= 11 is 0. The third kappa shape index (κ3) is 6.31. The van der Waals surface area contributed by atoms with Gasteiger partial charge in [0.1, 0.15) is 5.75 Å². The molecule has 0 aromatic heterocycles. The monoisotopic (exact) mass is 395 g/mol. The first-order valence-corrected chi connectivity index (χ1v) is 8.67. The highest BCUT2D eigenvalue weighted by molar-refractivity contribution is 5.85. The van der Waals surface area contributed by atoms with E-state index in [0.29, 0.717) is 18.0 Å². The fraction of sp³-hybridized carbons (Fsp3) is 0.429. The first-order chi connectivity index (χ1) is 12.4. The number of para-hydroxylation sites is 1. The van der Waals surface area contributed by atoms with Crippen molar-refractivity contribution in [3.63, 3.8) is 0 Å². The van der Waals surface area contributed by atoms with Gasteiger partial charge in [0.15, 0.2) is 11.5 Å². The molecule has 0 radical (unpaired) electrons. The molecule has 0 aliphatic carbocycles. The normalized spacial score (nSPS) is 12.1. The van der Waals surface area contributed by atoms with Gasteiger partial charge in [0.25, 0.3) is 0 Å².